The van der Waals surface area contributed by atoms with Gasteiger partial charge in [-0.3, -0.25) is 0 Å². The Hall–Kier alpha value is -1.16. The van der Waals surface area contributed by atoms with Crippen molar-refractivity contribution < 1.29 is 31.4 Å². The molecular formula is C21H36BrNO2. The molecule has 0 fully saturated rings. The van der Waals surface area contributed by atoms with Crippen LogP contribution in [-0.4, -0.2) is 11.1 Å². The molecule has 3 nitrogen and oxygen atoms in total. The third-order valence-corrected chi connectivity index (χ3v) is 3.91. The van der Waals surface area contributed by atoms with Gasteiger partial charge in [0, 0.05) is 24.1 Å². The lowest BCUT2D eigenvalue weighted by molar-refractivity contribution is -0.697. The molecule has 0 saturated heterocycles. The average Bonchev–Trinajstić information content (AvgIpc) is 2.58. The van der Waals surface area contributed by atoms with Crippen molar-refractivity contribution >= 4 is 5.97 Å². The fourth-order valence-corrected chi connectivity index (χ4v) is 2.37. The number of rotatable bonds is 12. The molecule has 0 aromatic carbocycles. The summed E-state index contributed by atoms with van der Waals surface area (Å²) >= 11 is 0. The number of unbranched alkanes of at least 4 members (excludes halogenated alkanes) is 9. The van der Waals surface area contributed by atoms with Crippen LogP contribution in [0.25, 0.3) is 0 Å². The van der Waals surface area contributed by atoms with Crippen molar-refractivity contribution in [1.82, 2.24) is 0 Å². The van der Waals surface area contributed by atoms with Crippen molar-refractivity contribution in [2.24, 2.45) is 0 Å². The Morgan fingerprint density at radius 3 is 1.68 bits per heavy atom. The second-order valence-electron chi connectivity index (χ2n) is 6.38. The van der Waals surface area contributed by atoms with Gasteiger partial charge in [-0.05, 0) is 13.3 Å². The number of carboxylic acid groups (broad SMARTS) is 1. The molecule has 4 heteroatoms. The van der Waals surface area contributed by atoms with E-state index in [0.29, 0.717) is 0 Å². The first-order chi connectivity index (χ1) is 11.6. The summed E-state index contributed by atoms with van der Waals surface area (Å²) in [5.74, 6) is -0.935. The largest absolute Gasteiger partial charge is 1.00 e. The monoisotopic (exact) mass is 413 g/mol. The van der Waals surface area contributed by atoms with E-state index in [-0.39, 0.29) is 22.6 Å². The van der Waals surface area contributed by atoms with E-state index >= 15 is 0 Å². The van der Waals surface area contributed by atoms with E-state index in [1.807, 2.05) is 0 Å². The third-order valence-electron chi connectivity index (χ3n) is 3.91. The van der Waals surface area contributed by atoms with Crippen LogP contribution in [0.1, 0.15) is 78.1 Å². The molecule has 0 amide bonds. The highest BCUT2D eigenvalue weighted by Gasteiger charge is 1.97. The predicted octanol–water partition coefficient (Wildman–Crippen LogP) is 2.55. The van der Waals surface area contributed by atoms with Gasteiger partial charge in [-0.1, -0.05) is 70.9 Å². The first-order valence-electron chi connectivity index (χ1n) is 9.40. The van der Waals surface area contributed by atoms with Crippen LogP contribution in [0.5, 0.6) is 0 Å². The van der Waals surface area contributed by atoms with Crippen molar-refractivity contribution in [1.29, 1.82) is 0 Å². The molecule has 0 spiro atoms. The number of hydrogen-bond donors (Lipinski definition) is 1. The summed E-state index contributed by atoms with van der Waals surface area (Å²) in [5, 5.41) is 7.89. The Kier molecular flexibility index (Phi) is 20.0. The standard InChI is InChI=1S/C17H30N.C4H6O2.BrH/c1-2-3-4-5-6-7-8-9-10-12-15-18-16-13-11-14-17-18;1-3(2)4(5)6;/h11,13-14,16-17H,2-10,12,15H2,1H3;1H2,2H3,(H,5,6);1H/q+1;;/p-1. The van der Waals surface area contributed by atoms with Crippen molar-refractivity contribution in [2.75, 3.05) is 0 Å². The van der Waals surface area contributed by atoms with Crippen LogP contribution in [0.4, 0.5) is 0 Å². The van der Waals surface area contributed by atoms with E-state index in [1.165, 1.54) is 77.7 Å². The maximum absolute atomic E-state index is 9.60. The molecule has 1 rings (SSSR count). The normalized spacial score (nSPS) is 9.52. The summed E-state index contributed by atoms with van der Waals surface area (Å²) in [6.45, 7) is 8.06. The first-order valence-corrected chi connectivity index (χ1v) is 9.40. The zero-order valence-corrected chi connectivity index (χ0v) is 17.6. The lowest BCUT2D eigenvalue weighted by Crippen LogP contribution is -3.00. The van der Waals surface area contributed by atoms with Gasteiger partial charge in [-0.2, -0.15) is 0 Å². The summed E-state index contributed by atoms with van der Waals surface area (Å²) in [6.07, 6.45) is 18.5. The fourth-order valence-electron chi connectivity index (χ4n) is 2.37. The second-order valence-corrected chi connectivity index (χ2v) is 6.38. The minimum atomic E-state index is -0.935. The summed E-state index contributed by atoms with van der Waals surface area (Å²) < 4.78 is 2.28. The SMILES string of the molecule is C=C(C)C(=O)O.CCCCCCCCCCCC[n+]1ccccc1.[Br-]. The van der Waals surface area contributed by atoms with E-state index in [9.17, 15) is 4.79 Å². The quantitative estimate of drug-likeness (QED) is 0.325. The first kappa shape index (κ1) is 26.1. The molecule has 0 bridgehead atoms. The average molecular weight is 414 g/mol. The number of aryl methyl sites for hydroxylation is 1. The Balaban J connectivity index is 0. The topological polar surface area (TPSA) is 41.2 Å². The van der Waals surface area contributed by atoms with Crippen LogP contribution in [0.3, 0.4) is 0 Å². The molecule has 144 valence electrons. The Labute approximate surface area is 164 Å². The summed E-state index contributed by atoms with van der Waals surface area (Å²) in [4.78, 5) is 9.60. The molecule has 0 aliphatic carbocycles. The van der Waals surface area contributed by atoms with Crippen molar-refractivity contribution in [3.63, 3.8) is 0 Å². The molecule has 0 aliphatic rings. The molecule has 0 atom stereocenters. The minimum Gasteiger partial charge on any atom is -1.00 e. The number of carbonyl (C=O) groups is 1. The van der Waals surface area contributed by atoms with Crippen LogP contribution in [0.15, 0.2) is 42.7 Å². The number of nitrogens with zero attached hydrogens (tertiary/aromatic N) is 1. The van der Waals surface area contributed by atoms with Gasteiger partial charge in [-0.15, -0.1) is 0 Å². The van der Waals surface area contributed by atoms with Crippen LogP contribution >= 0.6 is 0 Å². The van der Waals surface area contributed by atoms with Crippen molar-refractivity contribution in [3.05, 3.63) is 42.7 Å². The Bertz CT molecular complexity index is 423. The zero-order chi connectivity index (χ0) is 18.0. The maximum Gasteiger partial charge on any atom is 0.330 e. The second kappa shape index (κ2) is 19.2. The zero-order valence-electron chi connectivity index (χ0n) is 16.1. The number of carboxylic acids is 1. The highest BCUT2D eigenvalue weighted by Crippen LogP contribution is 2.10. The van der Waals surface area contributed by atoms with Crippen molar-refractivity contribution in [2.45, 2.75) is 84.6 Å². The molecule has 1 aromatic heterocycles. The number of hydrogen-bond acceptors (Lipinski definition) is 1. The molecule has 0 radical (unpaired) electrons. The summed E-state index contributed by atoms with van der Waals surface area (Å²) in [6, 6.07) is 6.29. The number of aliphatic carboxylic acids is 1. The van der Waals surface area contributed by atoms with Crippen molar-refractivity contribution in [3.8, 4) is 0 Å². The van der Waals surface area contributed by atoms with Crippen LogP contribution in [0.2, 0.25) is 0 Å². The van der Waals surface area contributed by atoms with Gasteiger partial charge in [0.2, 0.25) is 0 Å². The highest BCUT2D eigenvalue weighted by atomic mass is 79.9. The smallest absolute Gasteiger partial charge is 0.330 e. The molecular weight excluding hydrogens is 378 g/mol. The van der Waals surface area contributed by atoms with Gasteiger partial charge >= 0.3 is 5.97 Å². The van der Waals surface area contributed by atoms with Gasteiger partial charge in [0.05, 0.1) is 0 Å². The molecule has 1 aromatic rings. The molecule has 0 unspecified atom stereocenters. The van der Waals surface area contributed by atoms with Gasteiger partial charge < -0.3 is 22.1 Å². The predicted molar refractivity (Wildman–Crippen MR) is 101 cm³/mol. The Morgan fingerprint density at radius 1 is 0.880 bits per heavy atom. The molecule has 0 aliphatic heterocycles. The highest BCUT2D eigenvalue weighted by molar-refractivity contribution is 5.84. The Morgan fingerprint density at radius 2 is 1.28 bits per heavy atom. The number of pyridine rings is 1. The van der Waals surface area contributed by atoms with Crippen LogP contribution in [-0.2, 0) is 11.3 Å². The van der Waals surface area contributed by atoms with Gasteiger partial charge in [-0.25, -0.2) is 9.36 Å². The molecule has 1 N–H and O–H groups in total. The number of halogens is 1. The van der Waals surface area contributed by atoms with Crippen LogP contribution < -0.4 is 21.5 Å². The summed E-state index contributed by atoms with van der Waals surface area (Å²) in [5.41, 5.74) is 0.176. The fraction of sp³-hybridized carbons (Fsp3) is 0.619. The van der Waals surface area contributed by atoms with Gasteiger partial charge in [0.1, 0.15) is 6.54 Å². The molecule has 1 heterocycles. The van der Waals surface area contributed by atoms with Crippen LogP contribution in [0, 0.1) is 0 Å². The van der Waals surface area contributed by atoms with E-state index in [4.69, 9.17) is 5.11 Å². The minimum absolute atomic E-state index is 0. The van der Waals surface area contributed by atoms with E-state index in [1.54, 1.807) is 0 Å². The maximum atomic E-state index is 9.60. The van der Waals surface area contributed by atoms with E-state index in [2.05, 4.69) is 48.7 Å². The van der Waals surface area contributed by atoms with E-state index < -0.39 is 5.97 Å². The molecule has 0 saturated carbocycles. The third kappa shape index (κ3) is 19.0. The lowest BCUT2D eigenvalue weighted by atomic mass is 10.1. The van der Waals surface area contributed by atoms with Gasteiger partial charge in [0.25, 0.3) is 0 Å². The lowest BCUT2D eigenvalue weighted by Gasteiger charge is -2.01. The number of aromatic nitrogens is 1. The molecule has 25 heavy (non-hydrogen) atoms. The van der Waals surface area contributed by atoms with E-state index in [0.717, 1.165) is 0 Å². The summed E-state index contributed by atoms with van der Waals surface area (Å²) in [7, 11) is 0. The van der Waals surface area contributed by atoms with Gasteiger partial charge in [0.15, 0.2) is 12.4 Å².